The van der Waals surface area contributed by atoms with Gasteiger partial charge in [0.15, 0.2) is 11.5 Å². The Hall–Kier alpha value is -2.87. The number of anilines is 1. The summed E-state index contributed by atoms with van der Waals surface area (Å²) in [5, 5.41) is 2.72. The molecule has 152 valence electrons. The third-order valence-electron chi connectivity index (χ3n) is 3.76. The van der Waals surface area contributed by atoms with Crippen LogP contribution in [0, 0.1) is 0 Å². The number of methoxy groups -OCH3 is 1. The van der Waals surface area contributed by atoms with Gasteiger partial charge in [0.1, 0.15) is 5.75 Å². The molecule has 0 aliphatic heterocycles. The lowest BCUT2D eigenvalue weighted by atomic mass is 10.2. The Morgan fingerprint density at radius 1 is 1.14 bits per heavy atom. The number of hydrogen-bond acceptors (Lipinski definition) is 5. The minimum atomic E-state index is -2.88. The van der Waals surface area contributed by atoms with Crippen molar-refractivity contribution >= 4 is 11.6 Å². The van der Waals surface area contributed by atoms with Crippen molar-refractivity contribution in [2.75, 3.05) is 32.6 Å². The summed E-state index contributed by atoms with van der Waals surface area (Å²) in [5.41, 5.74) is 1.48. The number of carbonyl (C=O) groups excluding carboxylic acids is 1. The summed E-state index contributed by atoms with van der Waals surface area (Å²) in [7, 11) is 3.40. The first-order valence-electron chi connectivity index (χ1n) is 8.74. The first-order chi connectivity index (χ1) is 13.4. The van der Waals surface area contributed by atoms with Crippen molar-refractivity contribution in [2.45, 2.75) is 20.1 Å². The lowest BCUT2D eigenvalue weighted by Gasteiger charge is -2.18. The second kappa shape index (κ2) is 10.5. The van der Waals surface area contributed by atoms with Crippen LogP contribution in [-0.2, 0) is 11.3 Å². The van der Waals surface area contributed by atoms with E-state index in [-0.39, 0.29) is 18.2 Å². The number of carbonyl (C=O) groups is 1. The molecule has 6 nitrogen and oxygen atoms in total. The molecule has 1 N–H and O–H groups in total. The molecule has 0 aliphatic carbocycles. The first kappa shape index (κ1) is 21.4. The van der Waals surface area contributed by atoms with Crippen LogP contribution in [0.3, 0.4) is 0 Å². The molecule has 0 aromatic heterocycles. The van der Waals surface area contributed by atoms with Gasteiger partial charge in [-0.25, -0.2) is 0 Å². The van der Waals surface area contributed by atoms with Gasteiger partial charge in [0.05, 0.1) is 20.3 Å². The van der Waals surface area contributed by atoms with Crippen LogP contribution in [-0.4, -0.2) is 44.7 Å². The number of amides is 1. The molecular weight excluding hydrogens is 370 g/mol. The van der Waals surface area contributed by atoms with E-state index in [0.717, 1.165) is 5.56 Å². The summed E-state index contributed by atoms with van der Waals surface area (Å²) in [6, 6.07) is 11.4. The van der Waals surface area contributed by atoms with E-state index in [4.69, 9.17) is 9.47 Å². The Balaban J connectivity index is 1.88. The lowest BCUT2D eigenvalue weighted by molar-refractivity contribution is -0.117. The van der Waals surface area contributed by atoms with Gasteiger partial charge < -0.3 is 19.5 Å². The zero-order valence-electron chi connectivity index (χ0n) is 16.1. The Bertz CT molecular complexity index is 769. The van der Waals surface area contributed by atoms with Gasteiger partial charge in [0, 0.05) is 12.2 Å². The first-order valence-corrected chi connectivity index (χ1v) is 8.74. The van der Waals surface area contributed by atoms with Gasteiger partial charge in [-0.15, -0.1) is 0 Å². The number of nitrogens with zero attached hydrogens (tertiary/aromatic N) is 1. The van der Waals surface area contributed by atoms with Crippen LogP contribution in [0.4, 0.5) is 14.5 Å². The number of alkyl halides is 2. The molecule has 0 aliphatic rings. The second-order valence-corrected chi connectivity index (χ2v) is 6.04. The third kappa shape index (κ3) is 6.70. The van der Waals surface area contributed by atoms with E-state index < -0.39 is 6.61 Å². The molecule has 0 bridgehead atoms. The molecule has 2 rings (SSSR count). The van der Waals surface area contributed by atoms with E-state index in [0.29, 0.717) is 30.3 Å². The topological polar surface area (TPSA) is 60.0 Å². The molecule has 0 fully saturated rings. The fraction of sp³-hybridized carbons (Fsp3) is 0.350. The molecule has 2 aromatic carbocycles. The van der Waals surface area contributed by atoms with Crippen molar-refractivity contribution in [1.82, 2.24) is 4.90 Å². The van der Waals surface area contributed by atoms with Crippen LogP contribution in [0.2, 0.25) is 0 Å². The Morgan fingerprint density at radius 3 is 2.46 bits per heavy atom. The highest BCUT2D eigenvalue weighted by molar-refractivity contribution is 5.92. The van der Waals surface area contributed by atoms with Crippen molar-refractivity contribution < 1.29 is 27.8 Å². The minimum absolute atomic E-state index is 0.0366. The number of ether oxygens (including phenoxy) is 3. The summed E-state index contributed by atoms with van der Waals surface area (Å²) < 4.78 is 39.4. The summed E-state index contributed by atoms with van der Waals surface area (Å²) in [4.78, 5) is 14.0. The molecule has 28 heavy (non-hydrogen) atoms. The van der Waals surface area contributed by atoms with Gasteiger partial charge in [0.2, 0.25) is 5.91 Å². The van der Waals surface area contributed by atoms with Gasteiger partial charge in [0.25, 0.3) is 0 Å². The molecule has 0 atom stereocenters. The van der Waals surface area contributed by atoms with E-state index in [9.17, 15) is 13.6 Å². The molecule has 0 saturated carbocycles. The highest BCUT2D eigenvalue weighted by Crippen LogP contribution is 2.28. The highest BCUT2D eigenvalue weighted by Gasteiger charge is 2.11. The lowest BCUT2D eigenvalue weighted by Crippen LogP contribution is -2.29. The van der Waals surface area contributed by atoms with Crippen LogP contribution in [0.15, 0.2) is 42.5 Å². The Morgan fingerprint density at radius 2 is 1.86 bits per heavy atom. The minimum Gasteiger partial charge on any atom is -0.493 e. The highest BCUT2D eigenvalue weighted by atomic mass is 19.3. The summed E-state index contributed by atoms with van der Waals surface area (Å²) in [6.07, 6.45) is 0. The number of benzene rings is 2. The zero-order chi connectivity index (χ0) is 20.5. The van der Waals surface area contributed by atoms with E-state index >= 15 is 0 Å². The Labute approximate surface area is 163 Å². The monoisotopic (exact) mass is 394 g/mol. The third-order valence-corrected chi connectivity index (χ3v) is 3.76. The van der Waals surface area contributed by atoms with Crippen LogP contribution in [0.5, 0.6) is 17.2 Å². The SMILES string of the molecule is CCOc1ccc(CN(C)CC(=O)Nc2ccc(OC(F)F)cc2)cc1OC. The largest absolute Gasteiger partial charge is 0.493 e. The number of rotatable bonds is 10. The summed E-state index contributed by atoms with van der Waals surface area (Å²) in [6.45, 7) is 0.266. The number of halogens is 2. The van der Waals surface area contributed by atoms with E-state index in [1.54, 1.807) is 7.11 Å². The van der Waals surface area contributed by atoms with Crippen LogP contribution in [0.25, 0.3) is 0 Å². The number of likely N-dealkylation sites (N-methyl/N-ethyl adjacent to an activating group) is 1. The zero-order valence-corrected chi connectivity index (χ0v) is 16.1. The molecule has 0 heterocycles. The average Bonchev–Trinajstić information content (AvgIpc) is 2.64. The molecule has 8 heteroatoms. The van der Waals surface area contributed by atoms with Crippen LogP contribution < -0.4 is 19.5 Å². The van der Waals surface area contributed by atoms with E-state index in [2.05, 4.69) is 10.1 Å². The molecule has 2 aromatic rings. The van der Waals surface area contributed by atoms with Gasteiger partial charge >= 0.3 is 6.61 Å². The number of nitrogens with one attached hydrogen (secondary N) is 1. The van der Waals surface area contributed by atoms with Gasteiger partial charge in [-0.1, -0.05) is 6.07 Å². The molecule has 0 spiro atoms. The molecule has 0 saturated heterocycles. The molecule has 0 radical (unpaired) electrons. The fourth-order valence-electron chi connectivity index (χ4n) is 2.62. The van der Waals surface area contributed by atoms with Crippen molar-refractivity contribution in [3.8, 4) is 17.2 Å². The molecular formula is C20H24F2N2O4. The fourth-order valence-corrected chi connectivity index (χ4v) is 2.62. The number of hydrogen-bond donors (Lipinski definition) is 1. The standard InChI is InChI=1S/C20H24F2N2O4/c1-4-27-17-10-5-14(11-18(17)26-3)12-24(2)13-19(25)23-15-6-8-16(9-7-15)28-20(21)22/h5-11,20H,4,12-13H2,1-3H3,(H,23,25). The van der Waals surface area contributed by atoms with Crippen molar-refractivity contribution in [3.63, 3.8) is 0 Å². The van der Waals surface area contributed by atoms with Gasteiger partial charge in [-0.3, -0.25) is 9.69 Å². The van der Waals surface area contributed by atoms with Gasteiger partial charge in [-0.2, -0.15) is 8.78 Å². The van der Waals surface area contributed by atoms with Crippen molar-refractivity contribution in [3.05, 3.63) is 48.0 Å². The summed E-state index contributed by atoms with van der Waals surface area (Å²) in [5.74, 6) is 1.13. The average molecular weight is 394 g/mol. The van der Waals surface area contributed by atoms with E-state index in [1.165, 1.54) is 24.3 Å². The maximum Gasteiger partial charge on any atom is 0.387 e. The normalized spacial score (nSPS) is 10.8. The quantitative estimate of drug-likeness (QED) is 0.665. The maximum atomic E-state index is 12.2. The van der Waals surface area contributed by atoms with Gasteiger partial charge in [-0.05, 0) is 55.9 Å². The maximum absolute atomic E-state index is 12.2. The van der Waals surface area contributed by atoms with Crippen LogP contribution in [0.1, 0.15) is 12.5 Å². The van der Waals surface area contributed by atoms with E-state index in [1.807, 2.05) is 37.1 Å². The smallest absolute Gasteiger partial charge is 0.387 e. The molecule has 0 unspecified atom stereocenters. The Kier molecular flexibility index (Phi) is 8.01. The predicted molar refractivity (Wildman–Crippen MR) is 102 cm³/mol. The molecule has 1 amide bonds. The van der Waals surface area contributed by atoms with Crippen LogP contribution >= 0.6 is 0 Å². The summed E-state index contributed by atoms with van der Waals surface area (Å²) >= 11 is 0. The predicted octanol–water partition coefficient (Wildman–Crippen LogP) is 3.77. The van der Waals surface area contributed by atoms with Crippen molar-refractivity contribution in [1.29, 1.82) is 0 Å². The second-order valence-electron chi connectivity index (χ2n) is 6.04. The van der Waals surface area contributed by atoms with Crippen molar-refractivity contribution in [2.24, 2.45) is 0 Å².